The summed E-state index contributed by atoms with van der Waals surface area (Å²) in [6.07, 6.45) is 5.48. The molecule has 1 fully saturated rings. The molecule has 0 spiro atoms. The van der Waals surface area contributed by atoms with Crippen molar-refractivity contribution >= 4 is 40.6 Å². The molecule has 5 nitrogen and oxygen atoms in total. The van der Waals surface area contributed by atoms with Crippen LogP contribution in [0.4, 0.5) is 5.69 Å². The molecular formula is C18H25ClN2O3S. The Balaban J connectivity index is 2.00. The summed E-state index contributed by atoms with van der Waals surface area (Å²) in [4.78, 5) is 11.8. The van der Waals surface area contributed by atoms with Gasteiger partial charge in [0.25, 0.3) is 0 Å². The second-order valence-corrected chi connectivity index (χ2v) is 7.04. The van der Waals surface area contributed by atoms with E-state index < -0.39 is 5.97 Å². The number of anilines is 1. The van der Waals surface area contributed by atoms with Gasteiger partial charge in [-0.05, 0) is 56.6 Å². The Bertz CT molecular complexity index is 618. The number of hydrogen-bond donors (Lipinski definition) is 2. The zero-order valence-corrected chi connectivity index (χ0v) is 16.3. The van der Waals surface area contributed by atoms with Gasteiger partial charge in [0.2, 0.25) is 0 Å². The number of benzene rings is 1. The van der Waals surface area contributed by atoms with E-state index in [0.717, 1.165) is 24.9 Å². The molecule has 2 rings (SSSR count). The number of thiocarbonyl (C=S) groups is 1. The Labute approximate surface area is 159 Å². The molecule has 0 saturated heterocycles. The normalized spacial score (nSPS) is 15.6. The molecule has 0 unspecified atom stereocenters. The van der Waals surface area contributed by atoms with Gasteiger partial charge in [-0.1, -0.05) is 24.4 Å². The molecule has 25 heavy (non-hydrogen) atoms. The minimum atomic E-state index is -0.427. The molecule has 0 atom stereocenters. The minimum Gasteiger partial charge on any atom is -0.462 e. The van der Waals surface area contributed by atoms with Gasteiger partial charge in [-0.3, -0.25) is 0 Å². The summed E-state index contributed by atoms with van der Waals surface area (Å²) in [5.74, 6) is -0.427. The van der Waals surface area contributed by atoms with E-state index in [2.05, 4.69) is 10.6 Å². The second-order valence-electron chi connectivity index (χ2n) is 6.22. The summed E-state index contributed by atoms with van der Waals surface area (Å²) in [6, 6.07) is 5.09. The minimum absolute atomic E-state index is 0.00520. The van der Waals surface area contributed by atoms with Crippen molar-refractivity contribution in [1.82, 2.24) is 5.32 Å². The van der Waals surface area contributed by atoms with E-state index in [4.69, 9.17) is 33.3 Å². The van der Waals surface area contributed by atoms with Crippen LogP contribution in [0, 0.1) is 0 Å². The molecule has 1 aliphatic carbocycles. The van der Waals surface area contributed by atoms with Crippen molar-refractivity contribution in [3.63, 3.8) is 0 Å². The van der Waals surface area contributed by atoms with Gasteiger partial charge in [0.1, 0.15) is 0 Å². The predicted molar refractivity (Wildman–Crippen MR) is 104 cm³/mol. The van der Waals surface area contributed by atoms with Gasteiger partial charge >= 0.3 is 5.97 Å². The third-order valence-corrected chi connectivity index (χ3v) is 4.96. The number of halogens is 1. The van der Waals surface area contributed by atoms with E-state index in [1.807, 2.05) is 0 Å². The Hall–Kier alpha value is -1.37. The standard InChI is InChI=1S/C18H25ClN2O3S/c1-3-24-16(22)14-7-6-13(12-15(14)19)20-17(25)21-18(10-11-23-2)8-4-5-9-18/h6-7,12H,3-5,8-11H2,1-2H3,(H2,20,21,25). The number of rotatable bonds is 7. The first-order chi connectivity index (χ1) is 12.0. The van der Waals surface area contributed by atoms with Crippen molar-refractivity contribution < 1.29 is 14.3 Å². The SMILES string of the molecule is CCOC(=O)c1ccc(NC(=S)NC2(CCOC)CCCC2)cc1Cl. The molecular weight excluding hydrogens is 360 g/mol. The van der Waals surface area contributed by atoms with Gasteiger partial charge in [-0.2, -0.15) is 0 Å². The predicted octanol–water partition coefficient (Wildman–Crippen LogP) is 4.15. The molecule has 1 aromatic rings. The molecule has 0 radical (unpaired) electrons. The van der Waals surface area contributed by atoms with E-state index >= 15 is 0 Å². The number of nitrogens with one attached hydrogen (secondary N) is 2. The summed E-state index contributed by atoms with van der Waals surface area (Å²) >= 11 is 11.7. The molecule has 0 aromatic heterocycles. The zero-order chi connectivity index (χ0) is 18.3. The maximum atomic E-state index is 11.8. The van der Waals surface area contributed by atoms with Crippen molar-refractivity contribution in [3.8, 4) is 0 Å². The number of esters is 1. The summed E-state index contributed by atoms with van der Waals surface area (Å²) in [5, 5.41) is 7.50. The zero-order valence-electron chi connectivity index (χ0n) is 14.7. The van der Waals surface area contributed by atoms with Gasteiger partial charge in [0, 0.05) is 24.9 Å². The van der Waals surface area contributed by atoms with Gasteiger partial charge in [0.15, 0.2) is 5.11 Å². The molecule has 7 heteroatoms. The number of carbonyl (C=O) groups is 1. The smallest absolute Gasteiger partial charge is 0.339 e. The molecule has 2 N–H and O–H groups in total. The van der Waals surface area contributed by atoms with Crippen LogP contribution >= 0.6 is 23.8 Å². The summed E-state index contributed by atoms with van der Waals surface area (Å²) in [6.45, 7) is 2.77. The second kappa shape index (κ2) is 9.36. The van der Waals surface area contributed by atoms with Gasteiger partial charge in [-0.25, -0.2) is 4.79 Å². The third-order valence-electron chi connectivity index (χ3n) is 4.45. The van der Waals surface area contributed by atoms with Crippen LogP contribution in [0.15, 0.2) is 18.2 Å². The average Bonchev–Trinajstić information content (AvgIpc) is 3.01. The first-order valence-corrected chi connectivity index (χ1v) is 9.33. The van der Waals surface area contributed by atoms with Crippen molar-refractivity contribution in [1.29, 1.82) is 0 Å². The highest BCUT2D eigenvalue weighted by Crippen LogP contribution is 2.33. The largest absolute Gasteiger partial charge is 0.462 e. The van der Waals surface area contributed by atoms with Crippen LogP contribution in [-0.4, -0.2) is 36.9 Å². The maximum absolute atomic E-state index is 11.8. The number of ether oxygens (including phenoxy) is 2. The molecule has 0 amide bonds. The molecule has 138 valence electrons. The highest BCUT2D eigenvalue weighted by molar-refractivity contribution is 7.80. The lowest BCUT2D eigenvalue weighted by molar-refractivity contribution is 0.0526. The fourth-order valence-corrected chi connectivity index (χ4v) is 3.75. The van der Waals surface area contributed by atoms with E-state index in [-0.39, 0.29) is 5.54 Å². The highest BCUT2D eigenvalue weighted by atomic mass is 35.5. The van der Waals surface area contributed by atoms with E-state index in [1.165, 1.54) is 12.8 Å². The van der Waals surface area contributed by atoms with E-state index in [0.29, 0.717) is 28.9 Å². The number of methoxy groups -OCH3 is 1. The Morgan fingerprint density at radius 3 is 2.68 bits per heavy atom. The first-order valence-electron chi connectivity index (χ1n) is 8.54. The molecule has 1 aliphatic rings. The lowest BCUT2D eigenvalue weighted by Crippen LogP contribution is -2.48. The Morgan fingerprint density at radius 2 is 2.08 bits per heavy atom. The molecule has 0 heterocycles. The van der Waals surface area contributed by atoms with Crippen LogP contribution in [0.2, 0.25) is 5.02 Å². The third kappa shape index (κ3) is 5.56. The van der Waals surface area contributed by atoms with Crippen LogP contribution in [0.1, 0.15) is 49.4 Å². The van der Waals surface area contributed by atoms with Crippen LogP contribution < -0.4 is 10.6 Å². The molecule has 1 saturated carbocycles. The van der Waals surface area contributed by atoms with Crippen LogP contribution in [0.3, 0.4) is 0 Å². The quantitative estimate of drug-likeness (QED) is 0.544. The average molecular weight is 385 g/mol. The maximum Gasteiger partial charge on any atom is 0.339 e. The Morgan fingerprint density at radius 1 is 1.36 bits per heavy atom. The van der Waals surface area contributed by atoms with Crippen molar-refractivity contribution in [3.05, 3.63) is 28.8 Å². The molecule has 0 aliphatic heterocycles. The Kier molecular flexibility index (Phi) is 7.47. The summed E-state index contributed by atoms with van der Waals surface area (Å²) < 4.78 is 10.2. The van der Waals surface area contributed by atoms with E-state index in [9.17, 15) is 4.79 Å². The van der Waals surface area contributed by atoms with Crippen molar-refractivity contribution in [2.75, 3.05) is 25.6 Å². The molecule has 1 aromatic carbocycles. The first kappa shape index (κ1) is 19.9. The van der Waals surface area contributed by atoms with Crippen molar-refractivity contribution in [2.24, 2.45) is 0 Å². The lowest BCUT2D eigenvalue weighted by Gasteiger charge is -2.31. The number of carbonyl (C=O) groups excluding carboxylic acids is 1. The van der Waals surface area contributed by atoms with E-state index in [1.54, 1.807) is 32.2 Å². The fraction of sp³-hybridized carbons (Fsp3) is 0.556. The fourth-order valence-electron chi connectivity index (χ4n) is 3.16. The van der Waals surface area contributed by atoms with Crippen LogP contribution in [0.5, 0.6) is 0 Å². The van der Waals surface area contributed by atoms with Gasteiger partial charge < -0.3 is 20.1 Å². The summed E-state index contributed by atoms with van der Waals surface area (Å²) in [7, 11) is 1.71. The van der Waals surface area contributed by atoms with Gasteiger partial charge in [-0.15, -0.1) is 0 Å². The monoisotopic (exact) mass is 384 g/mol. The number of hydrogen-bond acceptors (Lipinski definition) is 4. The van der Waals surface area contributed by atoms with Crippen LogP contribution in [0.25, 0.3) is 0 Å². The summed E-state index contributed by atoms with van der Waals surface area (Å²) in [5.41, 5.74) is 1.07. The lowest BCUT2D eigenvalue weighted by atomic mass is 9.94. The van der Waals surface area contributed by atoms with Crippen LogP contribution in [-0.2, 0) is 9.47 Å². The van der Waals surface area contributed by atoms with Gasteiger partial charge in [0.05, 0.1) is 17.2 Å². The van der Waals surface area contributed by atoms with Crippen molar-refractivity contribution in [2.45, 2.75) is 44.6 Å². The molecule has 0 bridgehead atoms. The highest BCUT2D eigenvalue weighted by Gasteiger charge is 2.34. The topological polar surface area (TPSA) is 59.6 Å².